The van der Waals surface area contributed by atoms with Gasteiger partial charge in [-0.3, -0.25) is 0 Å². The summed E-state index contributed by atoms with van der Waals surface area (Å²) in [4.78, 5) is 6.03. The summed E-state index contributed by atoms with van der Waals surface area (Å²) >= 11 is 5.96. The number of aliphatic hydroxyl groups excluding tert-OH is 1. The van der Waals surface area contributed by atoms with Gasteiger partial charge in [-0.1, -0.05) is 11.6 Å². The van der Waals surface area contributed by atoms with Gasteiger partial charge in [-0.25, -0.2) is 4.98 Å². The maximum Gasteiger partial charge on any atom is 0.131 e. The third-order valence-corrected chi connectivity index (χ3v) is 4.07. The molecule has 0 radical (unpaired) electrons. The van der Waals surface area contributed by atoms with Crippen LogP contribution < -0.4 is 14.4 Å². The third kappa shape index (κ3) is 2.58. The second kappa shape index (κ2) is 6.02. The second-order valence-electron chi connectivity index (χ2n) is 5.10. The average molecular weight is 321 g/mol. The lowest BCUT2D eigenvalue weighted by Crippen LogP contribution is -2.34. The molecule has 0 amide bonds. The van der Waals surface area contributed by atoms with Crippen molar-refractivity contribution in [3.8, 4) is 11.5 Å². The molecule has 1 unspecified atom stereocenters. The number of benzene rings is 1. The van der Waals surface area contributed by atoms with E-state index in [9.17, 15) is 5.11 Å². The number of anilines is 1. The van der Waals surface area contributed by atoms with Gasteiger partial charge in [0.05, 0.1) is 14.2 Å². The molecule has 1 aliphatic rings. The number of methoxy groups -OCH3 is 2. The van der Waals surface area contributed by atoms with Crippen LogP contribution in [0.4, 0.5) is 5.69 Å². The van der Waals surface area contributed by atoms with Crippen molar-refractivity contribution in [1.82, 2.24) is 4.98 Å². The predicted octanol–water partition coefficient (Wildman–Crippen LogP) is 2.81. The van der Waals surface area contributed by atoms with Crippen LogP contribution in [0.15, 0.2) is 30.5 Å². The molecule has 3 rings (SSSR count). The fourth-order valence-corrected chi connectivity index (χ4v) is 3.03. The van der Waals surface area contributed by atoms with Crippen molar-refractivity contribution in [2.45, 2.75) is 12.6 Å². The quantitative estimate of drug-likeness (QED) is 0.881. The Morgan fingerprint density at radius 2 is 1.95 bits per heavy atom. The summed E-state index contributed by atoms with van der Waals surface area (Å²) in [6.07, 6.45) is 0.989. The summed E-state index contributed by atoms with van der Waals surface area (Å²) in [6.45, 7) is 1.06. The van der Waals surface area contributed by atoms with E-state index in [1.807, 2.05) is 23.1 Å². The first-order chi connectivity index (χ1) is 10.6. The predicted molar refractivity (Wildman–Crippen MR) is 84.8 cm³/mol. The zero-order chi connectivity index (χ0) is 15.7. The number of rotatable bonds is 3. The van der Waals surface area contributed by atoms with E-state index in [1.165, 1.54) is 0 Å². The minimum Gasteiger partial charge on any atom is -0.496 e. The molecule has 22 heavy (non-hydrogen) atoms. The Bertz CT molecular complexity index is 693. The summed E-state index contributed by atoms with van der Waals surface area (Å²) in [5.74, 6) is 1.41. The maximum absolute atomic E-state index is 10.6. The minimum atomic E-state index is -0.666. The summed E-state index contributed by atoms with van der Waals surface area (Å²) in [5, 5.41) is 11.0. The van der Waals surface area contributed by atoms with Gasteiger partial charge < -0.3 is 19.5 Å². The van der Waals surface area contributed by atoms with Gasteiger partial charge >= 0.3 is 0 Å². The van der Waals surface area contributed by atoms with Crippen LogP contribution in [0.2, 0.25) is 5.15 Å². The number of hydrogen-bond donors (Lipinski definition) is 1. The van der Waals surface area contributed by atoms with E-state index in [4.69, 9.17) is 21.1 Å². The van der Waals surface area contributed by atoms with Crippen LogP contribution in [-0.2, 0) is 6.54 Å². The minimum absolute atomic E-state index is 0.426. The first-order valence-corrected chi connectivity index (χ1v) is 7.30. The van der Waals surface area contributed by atoms with E-state index in [-0.39, 0.29) is 0 Å². The number of halogens is 1. The van der Waals surface area contributed by atoms with Crippen molar-refractivity contribution in [3.63, 3.8) is 0 Å². The molecule has 1 aromatic carbocycles. The number of fused-ring (bicyclic) bond motifs is 1. The molecule has 0 fully saturated rings. The number of hydrogen-bond acceptors (Lipinski definition) is 5. The van der Waals surface area contributed by atoms with Crippen molar-refractivity contribution >= 4 is 17.3 Å². The lowest BCUT2D eigenvalue weighted by Gasteiger charge is -2.35. The molecular formula is C16H17ClN2O3. The summed E-state index contributed by atoms with van der Waals surface area (Å²) < 4.78 is 10.8. The molecule has 5 nitrogen and oxygen atoms in total. The topological polar surface area (TPSA) is 54.8 Å². The highest BCUT2D eigenvalue weighted by Gasteiger charge is 2.29. The van der Waals surface area contributed by atoms with Crippen LogP contribution in [0, 0.1) is 0 Å². The molecule has 6 heteroatoms. The number of nitrogens with zero attached hydrogens (tertiary/aromatic N) is 2. The van der Waals surface area contributed by atoms with E-state index in [0.717, 1.165) is 22.6 Å². The van der Waals surface area contributed by atoms with Crippen LogP contribution in [-0.4, -0.2) is 30.9 Å². The molecule has 0 aliphatic carbocycles. The van der Waals surface area contributed by atoms with Gasteiger partial charge in [-0.15, -0.1) is 0 Å². The normalized spacial score (nSPS) is 17.1. The maximum atomic E-state index is 10.6. The van der Waals surface area contributed by atoms with E-state index >= 15 is 0 Å². The van der Waals surface area contributed by atoms with Crippen molar-refractivity contribution in [1.29, 1.82) is 0 Å². The zero-order valence-electron chi connectivity index (χ0n) is 12.4. The zero-order valence-corrected chi connectivity index (χ0v) is 13.2. The van der Waals surface area contributed by atoms with E-state index in [0.29, 0.717) is 24.0 Å². The van der Waals surface area contributed by atoms with Crippen molar-refractivity contribution in [2.75, 3.05) is 25.7 Å². The molecule has 1 aliphatic heterocycles. The fraction of sp³-hybridized carbons (Fsp3) is 0.312. The number of ether oxygens (including phenoxy) is 2. The number of pyridine rings is 1. The van der Waals surface area contributed by atoms with Crippen LogP contribution in [0.3, 0.4) is 0 Å². The molecule has 0 bridgehead atoms. The van der Waals surface area contributed by atoms with Gasteiger partial charge in [0.1, 0.15) is 22.8 Å². The lowest BCUT2D eigenvalue weighted by molar-refractivity contribution is 0.169. The first-order valence-electron chi connectivity index (χ1n) is 6.92. The molecule has 116 valence electrons. The smallest absolute Gasteiger partial charge is 0.131 e. The van der Waals surface area contributed by atoms with Crippen LogP contribution >= 0.6 is 11.6 Å². The Balaban J connectivity index is 2.04. The second-order valence-corrected chi connectivity index (χ2v) is 5.48. The summed E-state index contributed by atoms with van der Waals surface area (Å²) in [7, 11) is 3.22. The van der Waals surface area contributed by atoms with Crippen molar-refractivity contribution in [2.24, 2.45) is 0 Å². The molecule has 1 aromatic heterocycles. The molecule has 0 saturated heterocycles. The van der Waals surface area contributed by atoms with Gasteiger partial charge in [-0.2, -0.15) is 0 Å². The molecule has 2 aromatic rings. The van der Waals surface area contributed by atoms with E-state index in [1.54, 1.807) is 26.5 Å². The number of aromatic nitrogens is 1. The molecule has 2 heterocycles. The van der Waals surface area contributed by atoms with Crippen LogP contribution in [0.5, 0.6) is 11.5 Å². The highest BCUT2D eigenvalue weighted by Crippen LogP contribution is 2.40. The fourth-order valence-electron chi connectivity index (χ4n) is 2.86. The third-order valence-electron chi connectivity index (χ3n) is 3.86. The first kappa shape index (κ1) is 14.9. The average Bonchev–Trinajstić information content (AvgIpc) is 2.53. The number of β-amino-alcohol motifs (C(OH)–C–C–N with tert-alkyl or cyclic N) is 1. The van der Waals surface area contributed by atoms with Gasteiger partial charge in [-0.05, 0) is 24.3 Å². The molecule has 0 saturated carbocycles. The Labute approximate surface area is 134 Å². The Kier molecular flexibility index (Phi) is 4.09. The molecule has 1 atom stereocenters. The van der Waals surface area contributed by atoms with E-state index < -0.39 is 6.10 Å². The summed E-state index contributed by atoms with van der Waals surface area (Å²) in [5.41, 5.74) is 2.63. The number of aliphatic hydroxyl groups is 1. The van der Waals surface area contributed by atoms with Crippen LogP contribution in [0.25, 0.3) is 0 Å². The van der Waals surface area contributed by atoms with Crippen molar-refractivity contribution in [3.05, 3.63) is 46.7 Å². The Morgan fingerprint density at radius 1 is 1.23 bits per heavy atom. The highest BCUT2D eigenvalue weighted by atomic mass is 35.5. The molecular weight excluding hydrogens is 304 g/mol. The van der Waals surface area contributed by atoms with Gasteiger partial charge in [0.2, 0.25) is 0 Å². The van der Waals surface area contributed by atoms with Gasteiger partial charge in [0, 0.05) is 36.1 Å². The largest absolute Gasteiger partial charge is 0.496 e. The Hall–Kier alpha value is -1.98. The van der Waals surface area contributed by atoms with Gasteiger partial charge in [0.15, 0.2) is 0 Å². The van der Waals surface area contributed by atoms with Crippen molar-refractivity contribution < 1.29 is 14.6 Å². The SMILES string of the molecule is COc1ccc(OC)c2c1CN(c1ccnc(Cl)c1)CC2O. The standard InChI is InChI=1S/C16H17ClN2O3/c1-21-13-3-4-14(22-2)16-11(13)8-19(9-12(16)20)10-5-6-18-15(17)7-10/h3-7,12,20H,8-9H2,1-2H3. The molecule has 0 spiro atoms. The monoisotopic (exact) mass is 320 g/mol. The Morgan fingerprint density at radius 3 is 2.64 bits per heavy atom. The van der Waals surface area contributed by atoms with Crippen LogP contribution in [0.1, 0.15) is 17.2 Å². The summed E-state index contributed by atoms with van der Waals surface area (Å²) in [6, 6.07) is 7.33. The van der Waals surface area contributed by atoms with Gasteiger partial charge in [0.25, 0.3) is 0 Å². The van der Waals surface area contributed by atoms with E-state index in [2.05, 4.69) is 4.98 Å². The highest BCUT2D eigenvalue weighted by molar-refractivity contribution is 6.29. The molecule has 1 N–H and O–H groups in total. The lowest BCUT2D eigenvalue weighted by atomic mass is 9.95.